The molecule has 0 radical (unpaired) electrons. The number of aromatic nitrogens is 2. The summed E-state index contributed by atoms with van der Waals surface area (Å²) in [4.78, 5) is 18.0. The maximum Gasteiger partial charge on any atom is 0.430 e. The fourth-order valence-electron chi connectivity index (χ4n) is 3.90. The van der Waals surface area contributed by atoms with Gasteiger partial charge < -0.3 is 14.9 Å². The molecule has 1 aromatic heterocycles. The molecule has 0 saturated heterocycles. The molecule has 0 atom stereocenters. The molecular formula is C23H20F6N2O4. The van der Waals surface area contributed by atoms with Crippen LogP contribution in [0.2, 0.25) is 0 Å². The van der Waals surface area contributed by atoms with E-state index < -0.39 is 29.1 Å². The maximum absolute atomic E-state index is 13.5. The van der Waals surface area contributed by atoms with E-state index in [-0.39, 0.29) is 41.5 Å². The van der Waals surface area contributed by atoms with Crippen LogP contribution in [0, 0.1) is 6.92 Å². The van der Waals surface area contributed by atoms with E-state index in [9.17, 15) is 36.2 Å². The molecule has 0 bridgehead atoms. The van der Waals surface area contributed by atoms with E-state index in [4.69, 9.17) is 9.84 Å². The van der Waals surface area contributed by atoms with Crippen molar-refractivity contribution in [3.8, 4) is 11.4 Å². The Bertz CT molecular complexity index is 1310. The summed E-state index contributed by atoms with van der Waals surface area (Å²) < 4.78 is 86.4. The summed E-state index contributed by atoms with van der Waals surface area (Å²) in [6.45, 7) is 0.976. The Morgan fingerprint density at radius 3 is 2.26 bits per heavy atom. The Labute approximate surface area is 194 Å². The highest BCUT2D eigenvalue weighted by Gasteiger charge is 2.71. The van der Waals surface area contributed by atoms with Crippen molar-refractivity contribution in [3.63, 3.8) is 0 Å². The predicted octanol–water partition coefficient (Wildman–Crippen LogP) is 4.25. The van der Waals surface area contributed by atoms with Crippen molar-refractivity contribution >= 4 is 10.9 Å². The second kappa shape index (κ2) is 8.52. The van der Waals surface area contributed by atoms with E-state index >= 15 is 0 Å². The summed E-state index contributed by atoms with van der Waals surface area (Å²) in [7, 11) is 0. The average Bonchev–Trinajstić information content (AvgIpc) is 3.61. The molecule has 35 heavy (non-hydrogen) atoms. The molecule has 2 N–H and O–H groups in total. The number of halogens is 6. The largest absolute Gasteiger partial charge is 0.491 e. The Hall–Kier alpha value is -3.12. The second-order valence-electron chi connectivity index (χ2n) is 8.34. The van der Waals surface area contributed by atoms with Gasteiger partial charge in [-0.3, -0.25) is 9.36 Å². The van der Waals surface area contributed by atoms with Gasteiger partial charge >= 0.3 is 12.4 Å². The number of aliphatic hydroxyl groups is 2. The Morgan fingerprint density at radius 2 is 1.71 bits per heavy atom. The first kappa shape index (κ1) is 25.0. The molecule has 1 saturated carbocycles. The molecule has 0 aliphatic heterocycles. The highest BCUT2D eigenvalue weighted by atomic mass is 19.4. The molecule has 0 amide bonds. The van der Waals surface area contributed by atoms with Gasteiger partial charge in [-0.25, -0.2) is 4.98 Å². The van der Waals surface area contributed by atoms with Crippen LogP contribution in [0.15, 0.2) is 41.2 Å². The summed E-state index contributed by atoms with van der Waals surface area (Å²) in [5.41, 5.74) is -6.76. The van der Waals surface area contributed by atoms with E-state index in [1.807, 2.05) is 0 Å². The van der Waals surface area contributed by atoms with E-state index in [0.29, 0.717) is 36.3 Å². The fraction of sp³-hybridized carbons (Fsp3) is 0.391. The molecular weight excluding hydrogens is 482 g/mol. The Kier molecular flexibility index (Phi) is 6.08. The standard InChI is InChI=1S/C23H20F6N2O4/c1-12-10-14(21(34,22(24,25)26)23(27,28)29)4-7-18(12)31-19(13-2-3-13)30-17-6-5-15(35-9-8-32)11-16(17)20(31)33/h4-7,10-11,13,32,34H,2-3,8-9H2,1H3. The summed E-state index contributed by atoms with van der Waals surface area (Å²) >= 11 is 0. The molecule has 0 unspecified atom stereocenters. The second-order valence-corrected chi connectivity index (χ2v) is 8.34. The number of ether oxygens (including phenoxy) is 1. The molecule has 12 heteroatoms. The fourth-order valence-corrected chi connectivity index (χ4v) is 3.90. The zero-order valence-corrected chi connectivity index (χ0v) is 18.2. The van der Waals surface area contributed by atoms with Crippen LogP contribution in [0.1, 0.15) is 35.7 Å². The lowest BCUT2D eigenvalue weighted by atomic mass is 9.90. The third kappa shape index (κ3) is 4.25. The van der Waals surface area contributed by atoms with Gasteiger partial charge in [0.15, 0.2) is 0 Å². The summed E-state index contributed by atoms with van der Waals surface area (Å²) in [5.74, 6) is 0.520. The van der Waals surface area contributed by atoms with Gasteiger partial charge in [-0.05, 0) is 49.6 Å². The maximum atomic E-state index is 13.5. The van der Waals surface area contributed by atoms with Crippen molar-refractivity contribution in [3.05, 3.63) is 63.7 Å². The molecule has 188 valence electrons. The Balaban J connectivity index is 1.91. The first-order valence-electron chi connectivity index (χ1n) is 10.6. The first-order valence-corrected chi connectivity index (χ1v) is 10.6. The number of nitrogens with zero attached hydrogens (tertiary/aromatic N) is 2. The minimum atomic E-state index is -6.02. The number of rotatable bonds is 6. The molecule has 1 aliphatic carbocycles. The number of aliphatic hydroxyl groups excluding tert-OH is 1. The minimum absolute atomic E-state index is 0.0187. The highest BCUT2D eigenvalue weighted by molar-refractivity contribution is 5.80. The third-order valence-corrected chi connectivity index (χ3v) is 5.84. The smallest absolute Gasteiger partial charge is 0.430 e. The van der Waals surface area contributed by atoms with Crippen LogP contribution in [0.3, 0.4) is 0 Å². The van der Waals surface area contributed by atoms with E-state index in [1.165, 1.54) is 17.6 Å². The van der Waals surface area contributed by atoms with Crippen LogP contribution in [-0.2, 0) is 5.60 Å². The zero-order chi connectivity index (χ0) is 25.8. The van der Waals surface area contributed by atoms with Crippen LogP contribution >= 0.6 is 0 Å². The monoisotopic (exact) mass is 502 g/mol. The highest BCUT2D eigenvalue weighted by Crippen LogP contribution is 2.50. The number of alkyl halides is 6. The van der Waals surface area contributed by atoms with Gasteiger partial charge in [-0.1, -0.05) is 12.1 Å². The van der Waals surface area contributed by atoms with Gasteiger partial charge in [-0.2, -0.15) is 26.3 Å². The molecule has 4 rings (SSSR count). The van der Waals surface area contributed by atoms with Crippen LogP contribution in [0.4, 0.5) is 26.3 Å². The molecule has 0 spiro atoms. The van der Waals surface area contributed by atoms with Gasteiger partial charge in [0.05, 0.1) is 23.2 Å². The number of hydrogen-bond acceptors (Lipinski definition) is 5. The lowest BCUT2D eigenvalue weighted by Gasteiger charge is -2.33. The van der Waals surface area contributed by atoms with Crippen molar-refractivity contribution in [1.29, 1.82) is 0 Å². The number of fused-ring (bicyclic) bond motifs is 1. The molecule has 1 fully saturated rings. The van der Waals surface area contributed by atoms with Crippen LogP contribution in [-0.4, -0.2) is 45.3 Å². The van der Waals surface area contributed by atoms with Crippen molar-refractivity contribution in [2.75, 3.05) is 13.2 Å². The third-order valence-electron chi connectivity index (χ3n) is 5.84. The zero-order valence-electron chi connectivity index (χ0n) is 18.2. The van der Waals surface area contributed by atoms with Gasteiger partial charge in [0, 0.05) is 11.5 Å². The van der Waals surface area contributed by atoms with Crippen molar-refractivity contribution in [2.24, 2.45) is 0 Å². The molecule has 3 aromatic rings. The molecule has 6 nitrogen and oxygen atoms in total. The molecule has 1 aliphatic rings. The predicted molar refractivity (Wildman–Crippen MR) is 113 cm³/mol. The average molecular weight is 502 g/mol. The lowest BCUT2D eigenvalue weighted by molar-refractivity contribution is -0.376. The minimum Gasteiger partial charge on any atom is -0.491 e. The number of hydrogen-bond donors (Lipinski definition) is 2. The van der Waals surface area contributed by atoms with Crippen LogP contribution < -0.4 is 10.3 Å². The Morgan fingerprint density at radius 1 is 1.06 bits per heavy atom. The normalized spacial score (nSPS) is 15.0. The van der Waals surface area contributed by atoms with Gasteiger partial charge in [0.1, 0.15) is 18.2 Å². The van der Waals surface area contributed by atoms with E-state index in [1.54, 1.807) is 12.1 Å². The molecule has 2 aromatic carbocycles. The van der Waals surface area contributed by atoms with E-state index in [0.717, 1.165) is 6.07 Å². The van der Waals surface area contributed by atoms with Crippen LogP contribution in [0.5, 0.6) is 5.75 Å². The van der Waals surface area contributed by atoms with Gasteiger partial charge in [0.25, 0.3) is 11.2 Å². The quantitative estimate of drug-likeness (QED) is 0.493. The van der Waals surface area contributed by atoms with Gasteiger partial charge in [-0.15, -0.1) is 0 Å². The summed E-state index contributed by atoms with van der Waals surface area (Å²) in [6.07, 6.45) is -10.6. The molecule has 1 heterocycles. The summed E-state index contributed by atoms with van der Waals surface area (Å²) in [5, 5.41) is 18.8. The SMILES string of the molecule is Cc1cc(C(O)(C(F)(F)F)C(F)(F)F)ccc1-n1c(C2CC2)nc2ccc(OCCO)cc2c1=O. The summed E-state index contributed by atoms with van der Waals surface area (Å²) in [6, 6.07) is 6.56. The number of aryl methyl sites for hydroxylation is 1. The van der Waals surface area contributed by atoms with Crippen molar-refractivity contribution < 1.29 is 41.3 Å². The van der Waals surface area contributed by atoms with Gasteiger partial charge in [0.2, 0.25) is 0 Å². The van der Waals surface area contributed by atoms with Crippen molar-refractivity contribution in [1.82, 2.24) is 9.55 Å². The lowest BCUT2D eigenvalue weighted by Crippen LogP contribution is -2.54. The number of benzene rings is 2. The first-order chi connectivity index (χ1) is 16.3. The van der Waals surface area contributed by atoms with E-state index in [2.05, 4.69) is 4.98 Å². The topological polar surface area (TPSA) is 84.6 Å². The van der Waals surface area contributed by atoms with Crippen LogP contribution in [0.25, 0.3) is 16.6 Å². The van der Waals surface area contributed by atoms with Crippen molar-refractivity contribution in [2.45, 2.75) is 43.6 Å².